The van der Waals surface area contributed by atoms with Crippen LogP contribution in [0.4, 0.5) is 0 Å². The van der Waals surface area contributed by atoms with Gasteiger partial charge in [0.2, 0.25) is 0 Å². The fraction of sp³-hybridized carbons (Fsp3) is 0.625. The maximum absolute atomic E-state index is 5.77. The average molecular weight is 234 g/mol. The Balaban J connectivity index is 2.96. The molecule has 17 heavy (non-hydrogen) atoms. The van der Waals surface area contributed by atoms with Crippen molar-refractivity contribution in [2.24, 2.45) is 0 Å². The Hall–Kier alpha value is -0.820. The molecule has 0 aromatic heterocycles. The lowest BCUT2D eigenvalue weighted by atomic mass is 9.81. The van der Waals surface area contributed by atoms with Gasteiger partial charge < -0.3 is 4.74 Å². The molecule has 0 atom stereocenters. The fourth-order valence-electron chi connectivity index (χ4n) is 1.97. The minimum Gasteiger partial charge on any atom is -0.371 e. The smallest absolute Gasteiger partial charge is 0.0875 e. The molecule has 1 rings (SSSR count). The van der Waals surface area contributed by atoms with Crippen molar-refractivity contribution in [1.29, 1.82) is 0 Å². The maximum Gasteiger partial charge on any atom is 0.0875 e. The summed E-state index contributed by atoms with van der Waals surface area (Å²) in [7, 11) is 0. The van der Waals surface area contributed by atoms with Crippen molar-refractivity contribution in [2.45, 2.75) is 59.0 Å². The first-order chi connectivity index (χ1) is 7.83. The standard InChI is InChI=1S/C16H26O/c1-7-15(3,4)13-9-11-14(12-10-13)16(5,6)17-8-2/h9-12H,7-8H2,1-6H3. The van der Waals surface area contributed by atoms with Crippen molar-refractivity contribution in [3.8, 4) is 0 Å². The molecule has 1 aromatic rings. The van der Waals surface area contributed by atoms with E-state index in [1.165, 1.54) is 11.1 Å². The van der Waals surface area contributed by atoms with Crippen molar-refractivity contribution in [3.05, 3.63) is 35.4 Å². The minimum atomic E-state index is -0.191. The van der Waals surface area contributed by atoms with E-state index in [4.69, 9.17) is 4.74 Å². The van der Waals surface area contributed by atoms with Gasteiger partial charge in [-0.1, -0.05) is 45.0 Å². The van der Waals surface area contributed by atoms with Gasteiger partial charge in [0.15, 0.2) is 0 Å². The number of hydrogen-bond acceptors (Lipinski definition) is 1. The zero-order chi connectivity index (χ0) is 13.1. The summed E-state index contributed by atoms with van der Waals surface area (Å²) in [5.74, 6) is 0. The Morgan fingerprint density at radius 3 is 1.76 bits per heavy atom. The lowest BCUT2D eigenvalue weighted by molar-refractivity contribution is -0.0140. The quantitative estimate of drug-likeness (QED) is 0.721. The molecule has 1 heteroatoms. The van der Waals surface area contributed by atoms with Crippen LogP contribution < -0.4 is 0 Å². The molecule has 1 nitrogen and oxygen atoms in total. The first kappa shape index (κ1) is 14.2. The van der Waals surface area contributed by atoms with E-state index in [1.807, 2.05) is 6.92 Å². The Kier molecular flexibility index (Phi) is 4.37. The van der Waals surface area contributed by atoms with E-state index in [1.54, 1.807) is 0 Å². The van der Waals surface area contributed by atoms with Gasteiger partial charge >= 0.3 is 0 Å². The topological polar surface area (TPSA) is 9.23 Å². The summed E-state index contributed by atoms with van der Waals surface area (Å²) in [5.41, 5.74) is 2.71. The predicted octanol–water partition coefficient (Wildman–Crippen LogP) is 4.65. The number of benzene rings is 1. The lowest BCUT2D eigenvalue weighted by Gasteiger charge is -2.28. The van der Waals surface area contributed by atoms with E-state index in [9.17, 15) is 0 Å². The molecule has 0 aliphatic carbocycles. The summed E-state index contributed by atoms with van der Waals surface area (Å²) in [6, 6.07) is 8.87. The molecule has 0 heterocycles. The summed E-state index contributed by atoms with van der Waals surface area (Å²) in [6.07, 6.45) is 1.15. The Bertz CT molecular complexity index is 346. The van der Waals surface area contributed by atoms with Crippen LogP contribution >= 0.6 is 0 Å². The Morgan fingerprint density at radius 1 is 0.882 bits per heavy atom. The predicted molar refractivity (Wildman–Crippen MR) is 74.4 cm³/mol. The molecule has 0 bridgehead atoms. The number of hydrogen-bond donors (Lipinski definition) is 0. The largest absolute Gasteiger partial charge is 0.371 e. The summed E-state index contributed by atoms with van der Waals surface area (Å²) < 4.78 is 5.77. The minimum absolute atomic E-state index is 0.191. The van der Waals surface area contributed by atoms with Crippen LogP contribution in [0.3, 0.4) is 0 Å². The van der Waals surface area contributed by atoms with Crippen LogP contribution in [0.1, 0.15) is 59.1 Å². The van der Waals surface area contributed by atoms with Crippen LogP contribution in [-0.2, 0) is 15.8 Å². The molecule has 0 N–H and O–H groups in total. The Labute approximate surface area is 106 Å². The third-order valence-electron chi connectivity index (χ3n) is 3.75. The molecular weight excluding hydrogens is 208 g/mol. The molecule has 0 unspecified atom stereocenters. The van der Waals surface area contributed by atoms with E-state index >= 15 is 0 Å². The molecule has 0 aliphatic rings. The molecule has 0 saturated carbocycles. The molecule has 0 fully saturated rings. The number of ether oxygens (including phenoxy) is 1. The molecule has 0 saturated heterocycles. The zero-order valence-electron chi connectivity index (χ0n) is 12.1. The van der Waals surface area contributed by atoms with E-state index in [2.05, 4.69) is 58.9 Å². The van der Waals surface area contributed by atoms with E-state index < -0.39 is 0 Å². The maximum atomic E-state index is 5.77. The van der Waals surface area contributed by atoms with E-state index in [0.29, 0.717) is 0 Å². The van der Waals surface area contributed by atoms with Crippen molar-refractivity contribution in [1.82, 2.24) is 0 Å². The van der Waals surface area contributed by atoms with Crippen molar-refractivity contribution in [3.63, 3.8) is 0 Å². The van der Waals surface area contributed by atoms with Gasteiger partial charge in [-0.2, -0.15) is 0 Å². The first-order valence-electron chi connectivity index (χ1n) is 6.58. The normalized spacial score (nSPS) is 12.8. The van der Waals surface area contributed by atoms with Gasteiger partial charge in [-0.05, 0) is 43.7 Å². The molecule has 96 valence electrons. The first-order valence-corrected chi connectivity index (χ1v) is 6.58. The number of rotatable bonds is 5. The van der Waals surface area contributed by atoms with Crippen LogP contribution in [0.2, 0.25) is 0 Å². The highest BCUT2D eigenvalue weighted by molar-refractivity contribution is 5.30. The van der Waals surface area contributed by atoms with Crippen LogP contribution in [0.25, 0.3) is 0 Å². The third-order valence-corrected chi connectivity index (χ3v) is 3.75. The second-order valence-corrected chi connectivity index (χ2v) is 5.76. The summed E-state index contributed by atoms with van der Waals surface area (Å²) in [5, 5.41) is 0. The second kappa shape index (κ2) is 5.22. The van der Waals surface area contributed by atoms with Gasteiger partial charge in [0.1, 0.15) is 0 Å². The van der Waals surface area contributed by atoms with Crippen LogP contribution in [0, 0.1) is 0 Å². The highest BCUT2D eigenvalue weighted by Crippen LogP contribution is 2.30. The summed E-state index contributed by atoms with van der Waals surface area (Å²) in [6.45, 7) is 13.8. The highest BCUT2D eigenvalue weighted by atomic mass is 16.5. The van der Waals surface area contributed by atoms with Crippen LogP contribution in [0.5, 0.6) is 0 Å². The van der Waals surface area contributed by atoms with Crippen molar-refractivity contribution in [2.75, 3.05) is 6.61 Å². The molecule has 0 amide bonds. The third kappa shape index (κ3) is 3.32. The summed E-state index contributed by atoms with van der Waals surface area (Å²) in [4.78, 5) is 0. The monoisotopic (exact) mass is 234 g/mol. The fourth-order valence-corrected chi connectivity index (χ4v) is 1.97. The zero-order valence-corrected chi connectivity index (χ0v) is 12.1. The van der Waals surface area contributed by atoms with Crippen LogP contribution in [0.15, 0.2) is 24.3 Å². The SMILES string of the molecule is CCOC(C)(C)c1ccc(C(C)(C)CC)cc1. The second-order valence-electron chi connectivity index (χ2n) is 5.76. The van der Waals surface area contributed by atoms with Gasteiger partial charge in [-0.3, -0.25) is 0 Å². The van der Waals surface area contributed by atoms with Crippen molar-refractivity contribution < 1.29 is 4.74 Å². The molecular formula is C16H26O. The molecule has 1 aromatic carbocycles. The van der Waals surface area contributed by atoms with Crippen LogP contribution in [-0.4, -0.2) is 6.61 Å². The average Bonchev–Trinajstić information content (AvgIpc) is 2.29. The van der Waals surface area contributed by atoms with Gasteiger partial charge in [0, 0.05) is 6.61 Å². The van der Waals surface area contributed by atoms with Gasteiger partial charge in [0.05, 0.1) is 5.60 Å². The Morgan fingerprint density at radius 2 is 1.35 bits per heavy atom. The highest BCUT2D eigenvalue weighted by Gasteiger charge is 2.22. The van der Waals surface area contributed by atoms with Gasteiger partial charge in [-0.25, -0.2) is 0 Å². The lowest BCUT2D eigenvalue weighted by Crippen LogP contribution is -2.22. The molecule has 0 radical (unpaired) electrons. The molecule has 0 aliphatic heterocycles. The van der Waals surface area contributed by atoms with E-state index in [-0.39, 0.29) is 11.0 Å². The van der Waals surface area contributed by atoms with E-state index in [0.717, 1.165) is 13.0 Å². The molecule has 0 spiro atoms. The van der Waals surface area contributed by atoms with Crippen molar-refractivity contribution >= 4 is 0 Å². The summed E-state index contributed by atoms with van der Waals surface area (Å²) >= 11 is 0. The van der Waals surface area contributed by atoms with Gasteiger partial charge in [-0.15, -0.1) is 0 Å². The van der Waals surface area contributed by atoms with Gasteiger partial charge in [0.25, 0.3) is 0 Å².